The average molecular weight is 340 g/mol. The normalized spacial score (nSPS) is 12.1. The second kappa shape index (κ2) is 5.11. The van der Waals surface area contributed by atoms with E-state index in [1.807, 2.05) is 22.6 Å². The van der Waals surface area contributed by atoms with Crippen LogP contribution in [0, 0.1) is 0 Å². The molecule has 0 aliphatic rings. The minimum Gasteiger partial charge on any atom is -0.292 e. The summed E-state index contributed by atoms with van der Waals surface area (Å²) in [4.78, 5) is 30.5. The van der Waals surface area contributed by atoms with Gasteiger partial charge in [0.1, 0.15) is 5.65 Å². The van der Waals surface area contributed by atoms with Crippen molar-refractivity contribution >= 4 is 38.2 Å². The van der Waals surface area contributed by atoms with Gasteiger partial charge in [-0.2, -0.15) is 0 Å². The van der Waals surface area contributed by atoms with Crippen LogP contribution in [0.5, 0.6) is 0 Å². The van der Waals surface area contributed by atoms with Gasteiger partial charge < -0.3 is 0 Å². The molecule has 2 aromatic carbocycles. The molecule has 0 N–H and O–H groups in total. The Bertz CT molecular complexity index is 1430. The van der Waals surface area contributed by atoms with Crippen LogP contribution in [0.1, 0.15) is 25.3 Å². The van der Waals surface area contributed by atoms with Crippen LogP contribution in [-0.2, 0) is 0 Å². The van der Waals surface area contributed by atoms with Crippen LogP contribution in [-0.4, -0.2) is 9.38 Å². The lowest BCUT2D eigenvalue weighted by Crippen LogP contribution is -2.14. The summed E-state index contributed by atoms with van der Waals surface area (Å²) >= 11 is 0. The molecule has 0 amide bonds. The number of rotatable bonds is 1. The molecule has 0 saturated carbocycles. The average Bonchev–Trinajstić information content (AvgIpc) is 2.67. The molecule has 0 saturated heterocycles. The zero-order chi connectivity index (χ0) is 18.0. The minimum atomic E-state index is -0.0857. The summed E-state index contributed by atoms with van der Waals surface area (Å²) < 4.78 is 1.98. The first kappa shape index (κ1) is 15.0. The van der Waals surface area contributed by atoms with Crippen molar-refractivity contribution in [3.63, 3.8) is 0 Å². The Morgan fingerprint density at radius 3 is 2.27 bits per heavy atom. The SMILES string of the molecule is CC(C)c1ccc2c(=O)c3cccc4c(=O)c5cccnc5n(c2c1)c34. The molecule has 3 aromatic heterocycles. The highest BCUT2D eigenvalue weighted by atomic mass is 16.1. The standard InChI is InChI=1S/C22H16N2O2/c1-12(2)13-8-9-14-18(11-13)24-19-15(20(14)25)5-3-6-16(19)21(26)17-7-4-10-23-22(17)24/h3-12H,1-2H3. The molecule has 3 heterocycles. The molecular weight excluding hydrogens is 324 g/mol. The van der Waals surface area contributed by atoms with Gasteiger partial charge in [-0.25, -0.2) is 4.98 Å². The third-order valence-corrected chi connectivity index (χ3v) is 5.17. The number of para-hydroxylation sites is 1. The van der Waals surface area contributed by atoms with Gasteiger partial charge in [0.15, 0.2) is 10.9 Å². The highest BCUT2D eigenvalue weighted by Gasteiger charge is 2.17. The van der Waals surface area contributed by atoms with Crippen LogP contribution in [0.25, 0.3) is 38.2 Å². The molecule has 4 nitrogen and oxygen atoms in total. The fourth-order valence-electron chi connectivity index (χ4n) is 3.82. The smallest absolute Gasteiger partial charge is 0.198 e. The molecular formula is C22H16N2O2. The molecule has 0 fully saturated rings. The van der Waals surface area contributed by atoms with Gasteiger partial charge in [0, 0.05) is 22.4 Å². The fraction of sp³-hybridized carbons (Fsp3) is 0.136. The van der Waals surface area contributed by atoms with Gasteiger partial charge in [-0.3, -0.25) is 14.0 Å². The van der Waals surface area contributed by atoms with Crippen LogP contribution in [0.2, 0.25) is 0 Å². The molecule has 26 heavy (non-hydrogen) atoms. The third kappa shape index (κ3) is 1.81. The Balaban J connectivity index is 2.24. The van der Waals surface area contributed by atoms with Crippen LogP contribution >= 0.6 is 0 Å². The molecule has 0 spiro atoms. The van der Waals surface area contributed by atoms with E-state index < -0.39 is 0 Å². The molecule has 0 aliphatic heterocycles. The van der Waals surface area contributed by atoms with E-state index in [1.165, 1.54) is 0 Å². The molecule has 5 rings (SSSR count). The number of benzene rings is 2. The van der Waals surface area contributed by atoms with Gasteiger partial charge in [0.05, 0.1) is 16.4 Å². The summed E-state index contributed by atoms with van der Waals surface area (Å²) in [5.74, 6) is 0.335. The number of hydrogen-bond donors (Lipinski definition) is 0. The molecule has 0 aliphatic carbocycles. The first-order valence-electron chi connectivity index (χ1n) is 8.69. The van der Waals surface area contributed by atoms with E-state index in [-0.39, 0.29) is 10.9 Å². The first-order chi connectivity index (χ1) is 12.6. The van der Waals surface area contributed by atoms with Crippen molar-refractivity contribution in [1.29, 1.82) is 0 Å². The number of aromatic nitrogens is 2. The molecule has 0 unspecified atom stereocenters. The predicted octanol–water partition coefficient (Wildman–Crippen LogP) is 4.08. The van der Waals surface area contributed by atoms with E-state index in [9.17, 15) is 9.59 Å². The highest BCUT2D eigenvalue weighted by molar-refractivity contribution is 6.06. The maximum Gasteiger partial charge on any atom is 0.198 e. The maximum absolute atomic E-state index is 13.1. The molecule has 0 bridgehead atoms. The molecule has 0 radical (unpaired) electrons. The van der Waals surface area contributed by atoms with Crippen molar-refractivity contribution in [1.82, 2.24) is 9.38 Å². The van der Waals surface area contributed by atoms with Crippen molar-refractivity contribution < 1.29 is 0 Å². The van der Waals surface area contributed by atoms with Gasteiger partial charge in [-0.05, 0) is 47.9 Å². The van der Waals surface area contributed by atoms with Gasteiger partial charge in [0.2, 0.25) is 0 Å². The first-order valence-corrected chi connectivity index (χ1v) is 8.69. The second-order valence-electron chi connectivity index (χ2n) is 7.00. The summed E-state index contributed by atoms with van der Waals surface area (Å²) in [6, 6.07) is 14.9. The summed E-state index contributed by atoms with van der Waals surface area (Å²) in [5.41, 5.74) is 3.06. The van der Waals surface area contributed by atoms with Crippen LogP contribution in [0.15, 0.2) is 64.3 Å². The van der Waals surface area contributed by atoms with E-state index in [1.54, 1.807) is 36.5 Å². The van der Waals surface area contributed by atoms with Gasteiger partial charge in [0.25, 0.3) is 0 Å². The van der Waals surface area contributed by atoms with Gasteiger partial charge >= 0.3 is 0 Å². The van der Waals surface area contributed by atoms with E-state index in [4.69, 9.17) is 0 Å². The fourth-order valence-corrected chi connectivity index (χ4v) is 3.82. The predicted molar refractivity (Wildman–Crippen MR) is 106 cm³/mol. The van der Waals surface area contributed by atoms with Gasteiger partial charge in [-0.1, -0.05) is 26.0 Å². The van der Waals surface area contributed by atoms with Gasteiger partial charge in [-0.15, -0.1) is 0 Å². The van der Waals surface area contributed by atoms with E-state index >= 15 is 0 Å². The lowest BCUT2D eigenvalue weighted by molar-refractivity contribution is 0.868. The van der Waals surface area contributed by atoms with E-state index in [0.717, 1.165) is 11.1 Å². The van der Waals surface area contributed by atoms with Crippen molar-refractivity contribution in [3.8, 4) is 0 Å². The summed E-state index contributed by atoms with van der Waals surface area (Å²) in [7, 11) is 0. The van der Waals surface area contributed by atoms with Crippen molar-refractivity contribution in [2.75, 3.05) is 0 Å². The Kier molecular flexibility index (Phi) is 2.95. The number of nitrogens with zero attached hydrogens (tertiary/aromatic N) is 2. The monoisotopic (exact) mass is 340 g/mol. The van der Waals surface area contributed by atoms with Crippen molar-refractivity contribution in [3.05, 3.63) is 80.7 Å². The van der Waals surface area contributed by atoms with E-state index in [2.05, 4.69) is 18.8 Å². The quantitative estimate of drug-likeness (QED) is 0.341. The summed E-state index contributed by atoms with van der Waals surface area (Å²) in [5, 5.41) is 2.31. The van der Waals surface area contributed by atoms with E-state index in [0.29, 0.717) is 38.6 Å². The topological polar surface area (TPSA) is 51.4 Å². The van der Waals surface area contributed by atoms with Crippen molar-refractivity contribution in [2.24, 2.45) is 0 Å². The summed E-state index contributed by atoms with van der Waals surface area (Å²) in [6.45, 7) is 4.25. The Morgan fingerprint density at radius 1 is 0.846 bits per heavy atom. The Morgan fingerprint density at radius 2 is 1.54 bits per heavy atom. The minimum absolute atomic E-state index is 0.0458. The number of pyridine rings is 3. The highest BCUT2D eigenvalue weighted by Crippen LogP contribution is 2.27. The zero-order valence-electron chi connectivity index (χ0n) is 14.5. The lowest BCUT2D eigenvalue weighted by Gasteiger charge is -2.15. The van der Waals surface area contributed by atoms with Crippen LogP contribution in [0.3, 0.4) is 0 Å². The third-order valence-electron chi connectivity index (χ3n) is 5.17. The molecule has 126 valence electrons. The number of fused-ring (bicyclic) bond motifs is 4. The van der Waals surface area contributed by atoms with Crippen LogP contribution in [0.4, 0.5) is 0 Å². The molecule has 0 atom stereocenters. The van der Waals surface area contributed by atoms with Crippen LogP contribution < -0.4 is 10.9 Å². The zero-order valence-corrected chi connectivity index (χ0v) is 14.5. The largest absolute Gasteiger partial charge is 0.292 e. The maximum atomic E-state index is 13.1. The summed E-state index contributed by atoms with van der Waals surface area (Å²) in [6.07, 6.45) is 1.68. The number of hydrogen-bond acceptors (Lipinski definition) is 3. The second-order valence-corrected chi connectivity index (χ2v) is 7.00. The Labute approximate surface area is 148 Å². The molecule has 4 heteroatoms. The molecule has 5 aromatic rings. The van der Waals surface area contributed by atoms with Crippen molar-refractivity contribution in [2.45, 2.75) is 19.8 Å². The lowest BCUT2D eigenvalue weighted by atomic mass is 9.99. The Hall–Kier alpha value is -3.27.